The van der Waals surface area contributed by atoms with Gasteiger partial charge in [-0.3, -0.25) is 13.9 Å². The molecule has 5 rings (SSSR count). The van der Waals surface area contributed by atoms with E-state index in [0.29, 0.717) is 24.0 Å². The Morgan fingerprint density at radius 1 is 0.931 bits per heavy atom. The van der Waals surface area contributed by atoms with Gasteiger partial charge in [0, 0.05) is 24.9 Å². The molecule has 0 radical (unpaired) electrons. The highest BCUT2D eigenvalue weighted by Crippen LogP contribution is 2.47. The fraction of sp³-hybridized carbons (Fsp3) is 0.381. The lowest BCUT2D eigenvalue weighted by atomic mass is 10.1. The largest absolute Gasteiger partial charge is 0.458 e. The van der Waals surface area contributed by atoms with Crippen molar-refractivity contribution in [3.8, 4) is 5.75 Å². The third-order valence-electron chi connectivity index (χ3n) is 9.09. The van der Waals surface area contributed by atoms with Gasteiger partial charge in [-0.2, -0.15) is 9.97 Å². The van der Waals surface area contributed by atoms with Crippen LogP contribution in [0.5, 0.6) is 5.75 Å². The number of ether oxygens (including phenoxy) is 1. The molecule has 1 fully saturated rings. The molecule has 16 heteroatoms. The fourth-order valence-corrected chi connectivity index (χ4v) is 7.63. The van der Waals surface area contributed by atoms with Crippen LogP contribution >= 0.6 is 19.3 Å². The Balaban J connectivity index is 1.07. The van der Waals surface area contributed by atoms with Gasteiger partial charge in [-0.15, -0.1) is 0 Å². The molecule has 14 nitrogen and oxygen atoms in total. The van der Waals surface area contributed by atoms with E-state index in [2.05, 4.69) is 93.0 Å². The number of nitrogens with one attached hydrogen (secondary N) is 2. The molecule has 4 aromatic rings. The number of nitrogen functional groups attached to an aromatic ring is 1. The second-order valence-electron chi connectivity index (χ2n) is 13.5. The van der Waals surface area contributed by atoms with Crippen molar-refractivity contribution in [3.05, 3.63) is 115 Å². The van der Waals surface area contributed by atoms with E-state index in [1.165, 1.54) is 10.9 Å². The number of hydrogen-bond donors (Lipinski definition) is 5. The van der Waals surface area contributed by atoms with E-state index in [9.17, 15) is 19.6 Å². The fourth-order valence-electron chi connectivity index (χ4n) is 6.11. The summed E-state index contributed by atoms with van der Waals surface area (Å²) < 4.78 is 33.5. The van der Waals surface area contributed by atoms with Gasteiger partial charge in [0.25, 0.3) is 0 Å². The maximum absolute atomic E-state index is 14.3. The predicted molar refractivity (Wildman–Crippen MR) is 228 cm³/mol. The number of nitrogens with zero attached hydrogens (tertiary/aromatic N) is 4. The topological polar surface area (TPSA) is 196 Å². The molecule has 3 heterocycles. The summed E-state index contributed by atoms with van der Waals surface area (Å²) in [6.07, 6.45) is 24.2. The van der Waals surface area contributed by atoms with Crippen LogP contribution in [0, 0.1) is 0 Å². The summed E-state index contributed by atoms with van der Waals surface area (Å²) in [6.45, 7) is 1.90. The molecular formula is C42H53ClN7O7P. The number of amides is 1. The number of unbranched alkanes of at least 4 members (excludes halogenated alkanes) is 1. The average molecular weight is 834 g/mol. The van der Waals surface area contributed by atoms with Crippen molar-refractivity contribution < 1.29 is 33.4 Å². The first-order valence-corrected chi connectivity index (χ1v) is 21.5. The van der Waals surface area contributed by atoms with Gasteiger partial charge in [-0.25, -0.2) is 14.6 Å². The molecule has 310 valence electrons. The van der Waals surface area contributed by atoms with Crippen molar-refractivity contribution in [2.24, 2.45) is 0 Å². The smallest absolute Gasteiger partial charge is 0.413 e. The number of aliphatic hydroxyl groups excluding tert-OH is 2. The highest BCUT2D eigenvalue weighted by atomic mass is 35.5. The minimum atomic E-state index is -4.16. The lowest BCUT2D eigenvalue weighted by molar-refractivity contribution is -0.121. The second-order valence-corrected chi connectivity index (χ2v) is 15.6. The summed E-state index contributed by atoms with van der Waals surface area (Å²) >= 11 is 6.00. The molecule has 1 amide bonds. The predicted octanol–water partition coefficient (Wildman–Crippen LogP) is 7.67. The van der Waals surface area contributed by atoms with Crippen molar-refractivity contribution in [2.45, 2.75) is 82.8 Å². The van der Waals surface area contributed by atoms with Gasteiger partial charge < -0.3 is 30.5 Å². The Morgan fingerprint density at radius 2 is 1.60 bits per heavy atom. The van der Waals surface area contributed by atoms with Crippen molar-refractivity contribution in [1.82, 2.24) is 29.9 Å². The first kappa shape index (κ1) is 44.4. The Labute approximate surface area is 344 Å². The number of aromatic nitrogens is 4. The van der Waals surface area contributed by atoms with Crippen LogP contribution in [-0.2, 0) is 18.6 Å². The van der Waals surface area contributed by atoms with E-state index in [-0.39, 0.29) is 41.3 Å². The number of halogens is 1. The lowest BCUT2D eigenvalue weighted by Crippen LogP contribution is -2.35. The van der Waals surface area contributed by atoms with E-state index < -0.39 is 38.9 Å². The number of carbonyl (C=O) groups excluding carboxylic acids is 1. The normalized spacial score (nSPS) is 19.9. The molecule has 0 spiro atoms. The van der Waals surface area contributed by atoms with Gasteiger partial charge in [-0.05, 0) is 68.0 Å². The van der Waals surface area contributed by atoms with E-state index in [0.717, 1.165) is 43.9 Å². The Bertz CT molecular complexity index is 2130. The zero-order valence-corrected chi connectivity index (χ0v) is 34.3. The summed E-state index contributed by atoms with van der Waals surface area (Å²) in [7, 11) is -4.16. The highest BCUT2D eigenvalue weighted by Gasteiger charge is 2.45. The van der Waals surface area contributed by atoms with Crippen molar-refractivity contribution >= 4 is 53.0 Å². The van der Waals surface area contributed by atoms with E-state index in [1.807, 2.05) is 30.3 Å². The zero-order valence-electron chi connectivity index (χ0n) is 32.6. The maximum atomic E-state index is 14.3. The summed E-state index contributed by atoms with van der Waals surface area (Å²) in [5.41, 5.74) is 6.36. The third kappa shape index (κ3) is 13.2. The molecule has 5 atom stereocenters. The molecule has 2 aromatic heterocycles. The summed E-state index contributed by atoms with van der Waals surface area (Å²) in [5, 5.41) is 29.0. The molecule has 0 saturated carbocycles. The van der Waals surface area contributed by atoms with Crippen LogP contribution < -0.4 is 20.7 Å². The maximum Gasteiger partial charge on any atom is 0.458 e. The molecule has 1 aliphatic rings. The molecule has 2 aromatic carbocycles. The number of hydrogen-bond acceptors (Lipinski definition) is 11. The Kier molecular flexibility index (Phi) is 17.7. The van der Waals surface area contributed by atoms with Crippen LogP contribution in [0.3, 0.4) is 0 Å². The molecular weight excluding hydrogens is 781 g/mol. The number of allylic oxidation sites excluding steroid dienone is 10. The van der Waals surface area contributed by atoms with E-state index in [1.54, 1.807) is 12.1 Å². The number of carbonyl (C=O) groups is 1. The standard InChI is InChI=1S/C42H53ClN7O7P/c1-2-3-4-5-6-7-8-9-10-11-12-13-14-15-16-17-18-26-35(51)45-27-28-47-58(54,57-33-25-21-23-31-22-19-20-24-32(31)33)55-29-34-37(52)38(53)41(56-34)50-30-46-36-39(44)48-42(43)49-40(36)50/h3-4,6-7,9-10,12-13,15-16,19-25,30,34,37-38,41,52-53H,2,5,8,11,14,17-18,26-29H2,1H3,(H,45,51)(H,47,54)(H2,44,48,49)/b4-3+,7-6-,10-9-,13-12-,16-15-/t34-,37-,38+,41-,58?/m1/s1. The Hall–Kier alpha value is -4.66. The molecule has 6 N–H and O–H groups in total. The molecule has 1 saturated heterocycles. The summed E-state index contributed by atoms with van der Waals surface area (Å²) in [6, 6.07) is 12.8. The van der Waals surface area contributed by atoms with Crippen LogP contribution in [0.15, 0.2) is 110 Å². The zero-order chi connectivity index (χ0) is 41.2. The van der Waals surface area contributed by atoms with Crippen molar-refractivity contribution in [1.29, 1.82) is 0 Å². The van der Waals surface area contributed by atoms with Crippen LogP contribution in [0.2, 0.25) is 5.28 Å². The molecule has 1 aliphatic heterocycles. The van der Waals surface area contributed by atoms with Gasteiger partial charge in [0.2, 0.25) is 11.2 Å². The third-order valence-corrected chi connectivity index (χ3v) is 10.8. The number of fused-ring (bicyclic) bond motifs is 2. The number of rotatable bonds is 23. The van der Waals surface area contributed by atoms with Crippen LogP contribution in [-0.4, -0.2) is 73.6 Å². The molecule has 0 aliphatic carbocycles. The van der Waals surface area contributed by atoms with Gasteiger partial charge in [0.05, 0.1) is 12.9 Å². The molecule has 0 bridgehead atoms. The van der Waals surface area contributed by atoms with Crippen LogP contribution in [0.25, 0.3) is 21.9 Å². The van der Waals surface area contributed by atoms with Crippen LogP contribution in [0.1, 0.15) is 64.5 Å². The van der Waals surface area contributed by atoms with Crippen LogP contribution in [0.4, 0.5) is 5.82 Å². The SMILES string of the molecule is CC/C=C/C/C=C\C/C=C\C/C=C\C/C=C\CCCC(=O)NCCNP(=O)(OC[C@H]1O[C@@H](n2cnc3c(N)nc(Cl)nc32)[C@@H](O)[C@@H]1O)Oc1cccc2ccccc12. The second kappa shape index (κ2) is 23.1. The Morgan fingerprint density at radius 3 is 2.33 bits per heavy atom. The lowest BCUT2D eigenvalue weighted by Gasteiger charge is -2.23. The number of benzene rings is 2. The van der Waals surface area contributed by atoms with Gasteiger partial charge in [0.15, 0.2) is 17.7 Å². The quantitative estimate of drug-likeness (QED) is 0.0212. The monoisotopic (exact) mass is 833 g/mol. The summed E-state index contributed by atoms with van der Waals surface area (Å²) in [4.78, 5) is 24.8. The number of nitrogens with two attached hydrogens (primary N) is 1. The first-order chi connectivity index (χ1) is 28.2. The van der Waals surface area contributed by atoms with Gasteiger partial charge in [0.1, 0.15) is 29.6 Å². The van der Waals surface area contributed by atoms with E-state index in [4.69, 9.17) is 31.1 Å². The van der Waals surface area contributed by atoms with Crippen molar-refractivity contribution in [2.75, 3.05) is 25.4 Å². The number of imidazole rings is 1. The average Bonchev–Trinajstić information content (AvgIpc) is 3.76. The van der Waals surface area contributed by atoms with Gasteiger partial charge in [-0.1, -0.05) is 104 Å². The number of aliphatic hydroxyl groups is 2. The molecule has 58 heavy (non-hydrogen) atoms. The van der Waals surface area contributed by atoms with Crippen molar-refractivity contribution in [3.63, 3.8) is 0 Å². The minimum Gasteiger partial charge on any atom is -0.413 e. The minimum absolute atomic E-state index is 0.0387. The molecule has 1 unspecified atom stereocenters. The van der Waals surface area contributed by atoms with E-state index >= 15 is 0 Å². The summed E-state index contributed by atoms with van der Waals surface area (Å²) in [5.74, 6) is 0.206. The number of anilines is 1. The first-order valence-electron chi connectivity index (χ1n) is 19.5. The van der Waals surface area contributed by atoms with Gasteiger partial charge >= 0.3 is 7.75 Å². The highest BCUT2D eigenvalue weighted by molar-refractivity contribution is 7.52.